The summed E-state index contributed by atoms with van der Waals surface area (Å²) in [5.74, 6) is -0.213. The lowest BCUT2D eigenvalue weighted by Crippen LogP contribution is -2.25. The number of hydrogen-bond acceptors (Lipinski definition) is 5. The number of carbonyl (C=O) groups excluding carboxylic acids is 2. The first-order valence-electron chi connectivity index (χ1n) is 9.09. The van der Waals surface area contributed by atoms with Crippen LogP contribution >= 0.6 is 0 Å². The number of benzene rings is 1. The molecule has 1 heterocycles. The minimum absolute atomic E-state index is 0.307. The molecule has 0 saturated heterocycles. The number of unbranched alkanes of at least 4 members (excludes halogenated alkanes) is 1. The summed E-state index contributed by atoms with van der Waals surface area (Å²) < 4.78 is 10.8. The Morgan fingerprint density at radius 2 is 2.00 bits per heavy atom. The van der Waals surface area contributed by atoms with Crippen LogP contribution in [0.3, 0.4) is 0 Å². The maximum atomic E-state index is 12.4. The molecule has 2 rings (SSSR count). The highest BCUT2D eigenvalue weighted by Gasteiger charge is 2.24. The number of aromatic nitrogens is 1. The highest BCUT2D eigenvalue weighted by Crippen LogP contribution is 2.29. The van der Waals surface area contributed by atoms with Gasteiger partial charge in [0.25, 0.3) is 0 Å². The average molecular weight is 372 g/mol. The smallest absolute Gasteiger partial charge is 0.340 e. The molecule has 0 unspecified atom stereocenters. The summed E-state index contributed by atoms with van der Waals surface area (Å²) in [7, 11) is 0. The summed E-state index contributed by atoms with van der Waals surface area (Å²) in [4.78, 5) is 27.6. The van der Waals surface area contributed by atoms with Crippen molar-refractivity contribution in [2.75, 3.05) is 13.2 Å². The molecule has 0 aliphatic rings. The molecule has 2 N–H and O–H groups in total. The van der Waals surface area contributed by atoms with E-state index in [1.165, 1.54) is 0 Å². The standard InChI is InChI=1S/C21H28N2O4/c1-6-22-9-7-8-10-26-19(24)16-13-23-17-12-15(11-14(2)18(16)17)27-20(25)21(3,4)5/h6,11-13,22-23H,1,7-10H2,2-5H3. The second kappa shape index (κ2) is 8.75. The molecule has 0 bridgehead atoms. The third-order valence-corrected chi connectivity index (χ3v) is 4.09. The number of nitrogens with one attached hydrogen (secondary N) is 2. The molecule has 0 aliphatic carbocycles. The molecular weight excluding hydrogens is 344 g/mol. The van der Waals surface area contributed by atoms with Crippen molar-refractivity contribution in [2.24, 2.45) is 5.41 Å². The SMILES string of the molecule is C=CNCCCCOC(=O)c1c[nH]c2cc(OC(=O)C(C)(C)C)cc(C)c12. The zero-order valence-corrected chi connectivity index (χ0v) is 16.5. The fourth-order valence-corrected chi connectivity index (χ4v) is 2.60. The van der Waals surface area contributed by atoms with E-state index in [1.54, 1.807) is 45.3 Å². The molecule has 6 nitrogen and oxygen atoms in total. The number of rotatable bonds is 8. The summed E-state index contributed by atoms with van der Waals surface area (Å²) in [5, 5.41) is 3.79. The summed E-state index contributed by atoms with van der Waals surface area (Å²) in [5.41, 5.74) is 1.47. The van der Waals surface area contributed by atoms with Gasteiger partial charge in [0.1, 0.15) is 5.75 Å². The van der Waals surface area contributed by atoms with Gasteiger partial charge in [-0.3, -0.25) is 4.79 Å². The van der Waals surface area contributed by atoms with Crippen molar-refractivity contribution in [3.05, 3.63) is 42.2 Å². The largest absolute Gasteiger partial charge is 0.462 e. The zero-order chi connectivity index (χ0) is 20.0. The molecule has 146 valence electrons. The van der Waals surface area contributed by atoms with E-state index in [9.17, 15) is 9.59 Å². The van der Waals surface area contributed by atoms with Gasteiger partial charge in [0, 0.05) is 24.2 Å². The molecule has 0 atom stereocenters. The number of ether oxygens (including phenoxy) is 2. The molecule has 0 fully saturated rings. The van der Waals surface area contributed by atoms with Gasteiger partial charge in [0.2, 0.25) is 0 Å². The van der Waals surface area contributed by atoms with Gasteiger partial charge in [-0.15, -0.1) is 0 Å². The number of aryl methyl sites for hydroxylation is 1. The van der Waals surface area contributed by atoms with Crippen molar-refractivity contribution in [3.63, 3.8) is 0 Å². The van der Waals surface area contributed by atoms with E-state index < -0.39 is 5.41 Å². The predicted molar refractivity (Wildman–Crippen MR) is 106 cm³/mol. The molecule has 0 radical (unpaired) electrons. The van der Waals surface area contributed by atoms with Gasteiger partial charge in [-0.05, 0) is 58.4 Å². The molecule has 0 spiro atoms. The van der Waals surface area contributed by atoms with E-state index in [0.717, 1.165) is 35.9 Å². The molecule has 0 aliphatic heterocycles. The van der Waals surface area contributed by atoms with Gasteiger partial charge in [-0.2, -0.15) is 0 Å². The lowest BCUT2D eigenvalue weighted by molar-refractivity contribution is -0.142. The summed E-state index contributed by atoms with van der Waals surface area (Å²) in [6.45, 7) is 12.0. The van der Waals surface area contributed by atoms with Crippen LogP contribution in [0.25, 0.3) is 10.9 Å². The van der Waals surface area contributed by atoms with Crippen LogP contribution in [0.2, 0.25) is 0 Å². The van der Waals surface area contributed by atoms with Crippen LogP contribution in [0.1, 0.15) is 49.5 Å². The van der Waals surface area contributed by atoms with Crippen LogP contribution in [0, 0.1) is 12.3 Å². The van der Waals surface area contributed by atoms with E-state index in [-0.39, 0.29) is 11.9 Å². The highest BCUT2D eigenvalue weighted by atomic mass is 16.5. The van der Waals surface area contributed by atoms with Gasteiger partial charge in [-0.1, -0.05) is 6.58 Å². The van der Waals surface area contributed by atoms with Gasteiger partial charge in [0.05, 0.1) is 23.1 Å². The highest BCUT2D eigenvalue weighted by molar-refractivity contribution is 6.05. The van der Waals surface area contributed by atoms with Crippen LogP contribution in [0.5, 0.6) is 5.75 Å². The third kappa shape index (κ3) is 5.36. The van der Waals surface area contributed by atoms with Crippen LogP contribution in [-0.4, -0.2) is 30.1 Å². The maximum Gasteiger partial charge on any atom is 0.340 e. The van der Waals surface area contributed by atoms with E-state index in [2.05, 4.69) is 16.9 Å². The normalized spacial score (nSPS) is 11.3. The molecule has 0 amide bonds. The minimum atomic E-state index is -0.589. The van der Waals surface area contributed by atoms with Crippen LogP contribution < -0.4 is 10.1 Å². The molecule has 1 aromatic heterocycles. The second-order valence-electron chi connectivity index (χ2n) is 7.51. The van der Waals surface area contributed by atoms with Crippen molar-refractivity contribution in [2.45, 2.75) is 40.5 Å². The molecule has 1 aromatic carbocycles. The second-order valence-corrected chi connectivity index (χ2v) is 7.51. The van der Waals surface area contributed by atoms with Crippen LogP contribution in [0.15, 0.2) is 31.1 Å². The Kier molecular flexibility index (Phi) is 6.66. The minimum Gasteiger partial charge on any atom is -0.462 e. The van der Waals surface area contributed by atoms with Crippen molar-refractivity contribution in [1.29, 1.82) is 0 Å². The van der Waals surface area contributed by atoms with Gasteiger partial charge >= 0.3 is 11.9 Å². The number of aromatic amines is 1. The summed E-state index contributed by atoms with van der Waals surface area (Å²) in [6, 6.07) is 3.49. The molecule has 27 heavy (non-hydrogen) atoms. The first-order chi connectivity index (χ1) is 12.7. The van der Waals surface area contributed by atoms with E-state index in [4.69, 9.17) is 9.47 Å². The third-order valence-electron chi connectivity index (χ3n) is 4.09. The van der Waals surface area contributed by atoms with E-state index in [1.807, 2.05) is 6.92 Å². The predicted octanol–water partition coefficient (Wildman–Crippen LogP) is 4.10. The number of fused-ring (bicyclic) bond motifs is 1. The van der Waals surface area contributed by atoms with Crippen LogP contribution in [0.4, 0.5) is 0 Å². The van der Waals surface area contributed by atoms with E-state index >= 15 is 0 Å². The quantitative estimate of drug-likeness (QED) is 0.414. The van der Waals surface area contributed by atoms with Crippen LogP contribution in [-0.2, 0) is 9.53 Å². The van der Waals surface area contributed by atoms with Gasteiger partial charge in [-0.25, -0.2) is 4.79 Å². The summed E-state index contributed by atoms with van der Waals surface area (Å²) >= 11 is 0. The Morgan fingerprint density at radius 1 is 1.26 bits per heavy atom. The van der Waals surface area contributed by atoms with Crippen molar-refractivity contribution in [1.82, 2.24) is 10.3 Å². The Bertz CT molecular complexity index is 831. The Morgan fingerprint density at radius 3 is 2.67 bits per heavy atom. The molecule has 2 aromatic rings. The maximum absolute atomic E-state index is 12.4. The zero-order valence-electron chi connectivity index (χ0n) is 16.5. The topological polar surface area (TPSA) is 80.4 Å². The van der Waals surface area contributed by atoms with Crippen molar-refractivity contribution >= 4 is 22.8 Å². The molecule has 6 heteroatoms. The average Bonchev–Trinajstić information content (AvgIpc) is 3.01. The Hall–Kier alpha value is -2.76. The summed E-state index contributed by atoms with van der Waals surface area (Å²) in [6.07, 6.45) is 4.96. The van der Waals surface area contributed by atoms with E-state index in [0.29, 0.717) is 17.9 Å². The lowest BCUT2D eigenvalue weighted by Gasteiger charge is -2.16. The number of hydrogen-bond donors (Lipinski definition) is 2. The Labute approximate surface area is 159 Å². The fourth-order valence-electron chi connectivity index (χ4n) is 2.60. The number of carbonyl (C=O) groups is 2. The first kappa shape index (κ1) is 20.6. The number of H-pyrrole nitrogens is 1. The first-order valence-corrected chi connectivity index (χ1v) is 9.09. The molecule has 0 saturated carbocycles. The van der Waals surface area contributed by atoms with Crippen molar-refractivity contribution < 1.29 is 19.1 Å². The fraction of sp³-hybridized carbons (Fsp3) is 0.429. The number of esters is 2. The van der Waals surface area contributed by atoms with Crippen molar-refractivity contribution in [3.8, 4) is 5.75 Å². The van der Waals surface area contributed by atoms with Gasteiger partial charge < -0.3 is 19.8 Å². The monoisotopic (exact) mass is 372 g/mol. The molecular formula is C21H28N2O4. The lowest BCUT2D eigenvalue weighted by atomic mass is 9.97. The Balaban J connectivity index is 2.08. The van der Waals surface area contributed by atoms with Gasteiger partial charge in [0.15, 0.2) is 0 Å².